The second-order valence-corrected chi connectivity index (χ2v) is 7.03. The topological polar surface area (TPSA) is 52.1 Å². The average molecular weight is 376 g/mol. The highest BCUT2D eigenvalue weighted by Gasteiger charge is 2.19. The average Bonchev–Trinajstić information content (AvgIpc) is 2.72. The first-order valence-corrected chi connectivity index (χ1v) is 10.3. The molecular formula is C21H37N5O. The van der Waals surface area contributed by atoms with Crippen molar-refractivity contribution in [3.63, 3.8) is 0 Å². The van der Waals surface area contributed by atoms with Gasteiger partial charge in [0.05, 0.1) is 13.7 Å². The van der Waals surface area contributed by atoms with Crippen molar-refractivity contribution in [2.75, 3.05) is 59.5 Å². The van der Waals surface area contributed by atoms with E-state index in [1.165, 1.54) is 18.7 Å². The summed E-state index contributed by atoms with van der Waals surface area (Å²) < 4.78 is 5.43. The van der Waals surface area contributed by atoms with Gasteiger partial charge in [0.25, 0.3) is 0 Å². The molecule has 2 N–H and O–H groups in total. The highest BCUT2D eigenvalue weighted by Crippen LogP contribution is 2.17. The third-order valence-corrected chi connectivity index (χ3v) is 5.21. The molecule has 6 heteroatoms. The van der Waals surface area contributed by atoms with Crippen LogP contribution in [0.25, 0.3) is 0 Å². The van der Waals surface area contributed by atoms with Gasteiger partial charge in [-0.1, -0.05) is 25.1 Å². The Hall–Kier alpha value is -1.79. The van der Waals surface area contributed by atoms with Gasteiger partial charge < -0.3 is 20.3 Å². The monoisotopic (exact) mass is 375 g/mol. The minimum Gasteiger partial charge on any atom is -0.496 e. The molecule has 0 saturated carbocycles. The first-order valence-electron chi connectivity index (χ1n) is 10.3. The first-order chi connectivity index (χ1) is 13.2. The number of piperazine rings is 1. The Morgan fingerprint density at radius 1 is 1.15 bits per heavy atom. The Bertz CT molecular complexity index is 569. The Kier molecular flexibility index (Phi) is 9.42. The summed E-state index contributed by atoms with van der Waals surface area (Å²) in [6.45, 7) is 14.9. The van der Waals surface area contributed by atoms with E-state index in [1.54, 1.807) is 7.11 Å². The summed E-state index contributed by atoms with van der Waals surface area (Å²) in [5, 5.41) is 6.80. The summed E-state index contributed by atoms with van der Waals surface area (Å²) in [4.78, 5) is 9.87. The van der Waals surface area contributed by atoms with Crippen LogP contribution in [0.1, 0.15) is 26.3 Å². The van der Waals surface area contributed by atoms with E-state index < -0.39 is 0 Å². The van der Waals surface area contributed by atoms with Gasteiger partial charge in [0.2, 0.25) is 0 Å². The largest absolute Gasteiger partial charge is 0.496 e. The molecule has 1 aliphatic heterocycles. The third-order valence-electron chi connectivity index (χ3n) is 5.21. The molecule has 27 heavy (non-hydrogen) atoms. The number of hydrogen-bond donors (Lipinski definition) is 2. The van der Waals surface area contributed by atoms with Crippen LogP contribution >= 0.6 is 0 Å². The Morgan fingerprint density at radius 2 is 1.89 bits per heavy atom. The van der Waals surface area contributed by atoms with Gasteiger partial charge in [-0.3, -0.25) is 9.89 Å². The van der Waals surface area contributed by atoms with E-state index in [9.17, 15) is 0 Å². The van der Waals surface area contributed by atoms with Crippen LogP contribution in [0.3, 0.4) is 0 Å². The Labute approximate surface area is 165 Å². The van der Waals surface area contributed by atoms with E-state index in [4.69, 9.17) is 9.73 Å². The lowest BCUT2D eigenvalue weighted by Gasteiger charge is -2.37. The van der Waals surface area contributed by atoms with Gasteiger partial charge in [0, 0.05) is 45.3 Å². The standard InChI is InChI=1S/C21H37N5O/c1-5-22-21(23-12-11-19-9-7-8-10-20(19)27-4)24-17-18(3)26-15-13-25(6-2)14-16-26/h7-10,18H,5-6,11-17H2,1-4H3,(H2,22,23,24). The zero-order valence-corrected chi connectivity index (χ0v) is 17.5. The summed E-state index contributed by atoms with van der Waals surface area (Å²) in [5.41, 5.74) is 1.21. The van der Waals surface area contributed by atoms with Gasteiger partial charge in [0.1, 0.15) is 5.75 Å². The van der Waals surface area contributed by atoms with Gasteiger partial charge in [-0.15, -0.1) is 0 Å². The molecule has 1 heterocycles. The van der Waals surface area contributed by atoms with Gasteiger partial charge in [0.15, 0.2) is 5.96 Å². The molecule has 0 bridgehead atoms. The van der Waals surface area contributed by atoms with E-state index >= 15 is 0 Å². The van der Waals surface area contributed by atoms with Gasteiger partial charge in [-0.25, -0.2) is 0 Å². The molecule has 6 nitrogen and oxygen atoms in total. The predicted octanol–water partition coefficient (Wildman–Crippen LogP) is 1.82. The number of benzene rings is 1. The number of guanidine groups is 1. The van der Waals surface area contributed by atoms with Crippen molar-refractivity contribution in [3.05, 3.63) is 29.8 Å². The van der Waals surface area contributed by atoms with Crippen LogP contribution in [0.15, 0.2) is 29.3 Å². The zero-order valence-electron chi connectivity index (χ0n) is 17.5. The van der Waals surface area contributed by atoms with Gasteiger partial charge >= 0.3 is 0 Å². The highest BCUT2D eigenvalue weighted by molar-refractivity contribution is 5.79. The van der Waals surface area contributed by atoms with Gasteiger partial charge in [-0.05, 0) is 38.4 Å². The summed E-state index contributed by atoms with van der Waals surface area (Å²) in [6.07, 6.45) is 0.906. The molecule has 1 fully saturated rings. The van der Waals surface area contributed by atoms with Crippen molar-refractivity contribution in [1.29, 1.82) is 0 Å². The van der Waals surface area contributed by atoms with Crippen LogP contribution in [-0.4, -0.2) is 81.3 Å². The fourth-order valence-corrected chi connectivity index (χ4v) is 3.43. The molecule has 1 atom stereocenters. The predicted molar refractivity (Wildman–Crippen MR) is 114 cm³/mol. The van der Waals surface area contributed by atoms with Crippen LogP contribution in [0, 0.1) is 0 Å². The number of para-hydroxylation sites is 1. The highest BCUT2D eigenvalue weighted by atomic mass is 16.5. The van der Waals surface area contributed by atoms with E-state index in [2.05, 4.69) is 53.3 Å². The molecule has 2 rings (SSSR count). The van der Waals surface area contributed by atoms with Gasteiger partial charge in [-0.2, -0.15) is 0 Å². The summed E-state index contributed by atoms with van der Waals surface area (Å²) in [5.74, 6) is 1.84. The van der Waals surface area contributed by atoms with Crippen LogP contribution in [0.4, 0.5) is 0 Å². The van der Waals surface area contributed by atoms with Crippen molar-refractivity contribution in [3.8, 4) is 5.75 Å². The van der Waals surface area contributed by atoms with Crippen molar-refractivity contribution in [1.82, 2.24) is 20.4 Å². The molecule has 1 aromatic rings. The van der Waals surface area contributed by atoms with E-state index in [1.807, 2.05) is 12.1 Å². The molecule has 0 spiro atoms. The van der Waals surface area contributed by atoms with Crippen molar-refractivity contribution in [2.45, 2.75) is 33.2 Å². The number of aliphatic imine (C=N–C) groups is 1. The van der Waals surface area contributed by atoms with Crippen LogP contribution in [0.2, 0.25) is 0 Å². The quantitative estimate of drug-likeness (QED) is 0.509. The molecule has 0 amide bonds. The smallest absolute Gasteiger partial charge is 0.191 e. The molecular weight excluding hydrogens is 338 g/mol. The SMILES string of the molecule is CCNC(=NCC(C)N1CCN(CC)CC1)NCCc1ccccc1OC. The number of likely N-dealkylation sites (N-methyl/N-ethyl adjacent to an activating group) is 1. The third kappa shape index (κ3) is 7.03. The second-order valence-electron chi connectivity index (χ2n) is 7.03. The van der Waals surface area contributed by atoms with E-state index in [0.29, 0.717) is 6.04 Å². The Balaban J connectivity index is 1.81. The van der Waals surface area contributed by atoms with Crippen molar-refractivity contribution >= 4 is 5.96 Å². The minimum atomic E-state index is 0.466. The van der Waals surface area contributed by atoms with Crippen LogP contribution in [0.5, 0.6) is 5.75 Å². The molecule has 152 valence electrons. The zero-order chi connectivity index (χ0) is 19.5. The molecule has 0 radical (unpaired) electrons. The minimum absolute atomic E-state index is 0.466. The van der Waals surface area contributed by atoms with E-state index in [0.717, 1.165) is 57.4 Å². The molecule has 1 unspecified atom stereocenters. The number of methoxy groups -OCH3 is 1. The maximum absolute atomic E-state index is 5.43. The van der Waals surface area contributed by atoms with Crippen molar-refractivity contribution < 1.29 is 4.74 Å². The lowest BCUT2D eigenvalue weighted by molar-refractivity contribution is 0.109. The molecule has 0 aromatic heterocycles. The lowest BCUT2D eigenvalue weighted by atomic mass is 10.1. The maximum atomic E-state index is 5.43. The molecule has 1 saturated heterocycles. The molecule has 1 aliphatic rings. The normalized spacial score (nSPS) is 17.6. The summed E-state index contributed by atoms with van der Waals surface area (Å²) >= 11 is 0. The van der Waals surface area contributed by atoms with Crippen molar-refractivity contribution in [2.24, 2.45) is 4.99 Å². The Morgan fingerprint density at radius 3 is 2.56 bits per heavy atom. The number of hydrogen-bond acceptors (Lipinski definition) is 4. The number of nitrogens with zero attached hydrogens (tertiary/aromatic N) is 3. The first kappa shape index (κ1) is 21.5. The number of rotatable bonds is 9. The maximum Gasteiger partial charge on any atom is 0.191 e. The second kappa shape index (κ2) is 11.8. The number of nitrogens with one attached hydrogen (secondary N) is 2. The summed E-state index contributed by atoms with van der Waals surface area (Å²) in [6, 6.07) is 8.64. The van der Waals surface area contributed by atoms with Crippen LogP contribution < -0.4 is 15.4 Å². The lowest BCUT2D eigenvalue weighted by Crippen LogP contribution is -2.50. The van der Waals surface area contributed by atoms with E-state index in [-0.39, 0.29) is 0 Å². The fraction of sp³-hybridized carbons (Fsp3) is 0.667. The van der Waals surface area contributed by atoms with Crippen LogP contribution in [-0.2, 0) is 6.42 Å². The summed E-state index contributed by atoms with van der Waals surface area (Å²) in [7, 11) is 1.72. The molecule has 1 aromatic carbocycles. The number of ether oxygens (including phenoxy) is 1. The molecule has 0 aliphatic carbocycles. The fourth-order valence-electron chi connectivity index (χ4n) is 3.43.